The summed E-state index contributed by atoms with van der Waals surface area (Å²) in [6, 6.07) is 9.68. The van der Waals surface area contributed by atoms with Gasteiger partial charge in [-0.15, -0.1) is 0 Å². The van der Waals surface area contributed by atoms with Crippen LogP contribution < -0.4 is 20.3 Å². The van der Waals surface area contributed by atoms with E-state index in [9.17, 15) is 14.0 Å². The number of ether oxygens (including phenoxy) is 2. The molecule has 0 unspecified atom stereocenters. The molecular weight excluding hydrogens is 351 g/mol. The van der Waals surface area contributed by atoms with Crippen molar-refractivity contribution in [2.45, 2.75) is 33.8 Å². The molecule has 0 aromatic heterocycles. The highest BCUT2D eigenvalue weighted by molar-refractivity contribution is 5.85. The minimum atomic E-state index is -0.996. The lowest BCUT2D eigenvalue weighted by Crippen LogP contribution is -2.48. The summed E-state index contributed by atoms with van der Waals surface area (Å²) in [6.07, 6.45) is -0.996. The number of aryl methyl sites for hydroxylation is 3. The van der Waals surface area contributed by atoms with Gasteiger partial charge in [-0.05, 0) is 51.0 Å². The molecule has 2 N–H and O–H groups in total. The summed E-state index contributed by atoms with van der Waals surface area (Å²) >= 11 is 0. The largest absolute Gasteiger partial charge is 0.483 e. The molecule has 27 heavy (non-hydrogen) atoms. The molecule has 0 heterocycles. The van der Waals surface area contributed by atoms with Crippen LogP contribution in [0.25, 0.3) is 0 Å². The molecule has 1 atom stereocenters. The van der Waals surface area contributed by atoms with Gasteiger partial charge in [0.15, 0.2) is 24.3 Å². The van der Waals surface area contributed by atoms with Crippen LogP contribution in [0.1, 0.15) is 23.6 Å². The average Bonchev–Trinajstić information content (AvgIpc) is 2.60. The highest BCUT2D eigenvalue weighted by atomic mass is 19.1. The van der Waals surface area contributed by atoms with Gasteiger partial charge in [0, 0.05) is 0 Å². The number of carbonyl (C=O) groups excluding carboxylic acids is 2. The number of amides is 2. The summed E-state index contributed by atoms with van der Waals surface area (Å²) in [7, 11) is 0. The van der Waals surface area contributed by atoms with Gasteiger partial charge < -0.3 is 9.47 Å². The molecule has 0 bridgehead atoms. The van der Waals surface area contributed by atoms with Crippen molar-refractivity contribution < 1.29 is 23.5 Å². The Morgan fingerprint density at radius 2 is 1.70 bits per heavy atom. The van der Waals surface area contributed by atoms with Crippen LogP contribution in [0.4, 0.5) is 4.39 Å². The maximum atomic E-state index is 13.5. The fraction of sp³-hybridized carbons (Fsp3) is 0.300. The zero-order valence-corrected chi connectivity index (χ0v) is 15.8. The monoisotopic (exact) mass is 374 g/mol. The molecule has 0 aliphatic heterocycles. The predicted octanol–water partition coefficient (Wildman–Crippen LogP) is 2.74. The van der Waals surface area contributed by atoms with Gasteiger partial charge in [0.1, 0.15) is 5.75 Å². The number of carbonyl (C=O) groups is 2. The van der Waals surface area contributed by atoms with E-state index in [0.717, 1.165) is 16.7 Å². The van der Waals surface area contributed by atoms with Crippen LogP contribution in [0, 0.1) is 26.6 Å². The summed E-state index contributed by atoms with van der Waals surface area (Å²) in [5, 5.41) is 0. The first-order chi connectivity index (χ1) is 12.8. The van der Waals surface area contributed by atoms with Crippen LogP contribution in [-0.4, -0.2) is 24.5 Å². The van der Waals surface area contributed by atoms with Crippen molar-refractivity contribution in [3.05, 3.63) is 58.9 Å². The Labute approximate surface area is 157 Å². The van der Waals surface area contributed by atoms with E-state index >= 15 is 0 Å². The van der Waals surface area contributed by atoms with Crippen molar-refractivity contribution in [3.63, 3.8) is 0 Å². The second kappa shape index (κ2) is 9.02. The number of nitrogens with one attached hydrogen (secondary N) is 2. The van der Waals surface area contributed by atoms with E-state index < -0.39 is 23.7 Å². The Bertz CT molecular complexity index is 815. The third kappa shape index (κ3) is 5.70. The minimum Gasteiger partial charge on any atom is -0.483 e. The molecule has 2 amide bonds. The van der Waals surface area contributed by atoms with Gasteiger partial charge in [0.2, 0.25) is 0 Å². The zero-order chi connectivity index (χ0) is 20.0. The molecule has 0 radical (unpaired) electrons. The van der Waals surface area contributed by atoms with E-state index in [1.54, 1.807) is 6.07 Å². The molecule has 2 aromatic carbocycles. The molecule has 0 saturated carbocycles. The second-order valence-corrected chi connectivity index (χ2v) is 6.24. The van der Waals surface area contributed by atoms with Crippen LogP contribution >= 0.6 is 0 Å². The van der Waals surface area contributed by atoms with Crippen LogP contribution in [0.15, 0.2) is 36.4 Å². The third-order valence-corrected chi connectivity index (χ3v) is 3.79. The van der Waals surface area contributed by atoms with Crippen molar-refractivity contribution >= 4 is 11.8 Å². The number of hydrogen-bond donors (Lipinski definition) is 2. The summed E-state index contributed by atoms with van der Waals surface area (Å²) in [4.78, 5) is 23.9. The van der Waals surface area contributed by atoms with Gasteiger partial charge in [0.25, 0.3) is 11.8 Å². The smallest absolute Gasteiger partial charge is 0.279 e. The number of halogens is 1. The average molecular weight is 374 g/mol. The normalized spacial score (nSPS) is 11.4. The first-order valence-corrected chi connectivity index (χ1v) is 8.48. The first kappa shape index (κ1) is 20.2. The zero-order valence-electron chi connectivity index (χ0n) is 15.8. The highest BCUT2D eigenvalue weighted by Gasteiger charge is 2.17. The number of benzene rings is 2. The molecule has 2 rings (SSSR count). The topological polar surface area (TPSA) is 76.7 Å². The molecule has 2 aromatic rings. The SMILES string of the molecule is Cc1cc(C)c(OCC(=O)NNC(=O)[C@H](C)Oc2ccccc2F)c(C)c1. The third-order valence-electron chi connectivity index (χ3n) is 3.79. The van der Waals surface area contributed by atoms with Gasteiger partial charge in [-0.1, -0.05) is 29.8 Å². The van der Waals surface area contributed by atoms with E-state index in [-0.39, 0.29) is 12.4 Å². The lowest BCUT2D eigenvalue weighted by molar-refractivity contribution is -0.133. The van der Waals surface area contributed by atoms with Gasteiger partial charge >= 0.3 is 0 Å². The summed E-state index contributed by atoms with van der Waals surface area (Å²) in [5.74, 6) is -1.12. The number of para-hydroxylation sites is 1. The molecule has 144 valence electrons. The number of hydrogen-bond acceptors (Lipinski definition) is 4. The van der Waals surface area contributed by atoms with Gasteiger partial charge in [0.05, 0.1) is 0 Å². The summed E-state index contributed by atoms with van der Waals surface area (Å²) in [5.41, 5.74) is 7.44. The standard InChI is InChI=1S/C20H23FN2O4/c1-12-9-13(2)19(14(3)10-12)26-11-18(24)22-23-20(25)15(4)27-17-8-6-5-7-16(17)21/h5-10,15H,11H2,1-4H3,(H,22,24)(H,23,25)/t15-/m0/s1. The quantitative estimate of drug-likeness (QED) is 0.763. The lowest BCUT2D eigenvalue weighted by atomic mass is 10.1. The van der Waals surface area contributed by atoms with E-state index in [1.165, 1.54) is 25.1 Å². The minimum absolute atomic E-state index is 0.0415. The summed E-state index contributed by atoms with van der Waals surface area (Å²) in [6.45, 7) is 6.97. The van der Waals surface area contributed by atoms with Crippen LogP contribution in [0.5, 0.6) is 11.5 Å². The van der Waals surface area contributed by atoms with E-state index in [4.69, 9.17) is 9.47 Å². The van der Waals surface area contributed by atoms with Crippen LogP contribution in [-0.2, 0) is 9.59 Å². The predicted molar refractivity (Wildman–Crippen MR) is 98.9 cm³/mol. The van der Waals surface area contributed by atoms with E-state index in [0.29, 0.717) is 5.75 Å². The highest BCUT2D eigenvalue weighted by Crippen LogP contribution is 2.24. The van der Waals surface area contributed by atoms with Crippen LogP contribution in [0.2, 0.25) is 0 Å². The van der Waals surface area contributed by atoms with Gasteiger partial charge in [-0.2, -0.15) is 0 Å². The lowest BCUT2D eigenvalue weighted by Gasteiger charge is -2.16. The summed E-state index contributed by atoms with van der Waals surface area (Å²) < 4.78 is 24.3. The maximum absolute atomic E-state index is 13.5. The number of hydrazine groups is 1. The Hall–Kier alpha value is -3.09. The number of rotatable bonds is 6. The molecule has 6 nitrogen and oxygen atoms in total. The Kier molecular flexibility index (Phi) is 6.76. The van der Waals surface area contributed by atoms with E-state index in [1.807, 2.05) is 32.9 Å². The fourth-order valence-electron chi connectivity index (χ4n) is 2.59. The van der Waals surface area contributed by atoms with Crippen molar-refractivity contribution in [1.29, 1.82) is 0 Å². The van der Waals surface area contributed by atoms with Gasteiger partial charge in [-0.25, -0.2) is 4.39 Å². The maximum Gasteiger partial charge on any atom is 0.279 e. The van der Waals surface area contributed by atoms with Gasteiger partial charge in [-0.3, -0.25) is 20.4 Å². The van der Waals surface area contributed by atoms with Crippen molar-refractivity contribution in [1.82, 2.24) is 10.9 Å². The fourth-order valence-corrected chi connectivity index (χ4v) is 2.59. The van der Waals surface area contributed by atoms with Crippen molar-refractivity contribution in [2.24, 2.45) is 0 Å². The molecule has 0 aliphatic carbocycles. The van der Waals surface area contributed by atoms with Crippen LogP contribution in [0.3, 0.4) is 0 Å². The molecule has 0 spiro atoms. The molecule has 7 heteroatoms. The Balaban J connectivity index is 1.81. The molecule has 0 fully saturated rings. The molecule has 0 saturated heterocycles. The first-order valence-electron chi connectivity index (χ1n) is 8.48. The van der Waals surface area contributed by atoms with Crippen molar-refractivity contribution in [3.8, 4) is 11.5 Å². The molecule has 0 aliphatic rings. The van der Waals surface area contributed by atoms with Crippen molar-refractivity contribution in [2.75, 3.05) is 6.61 Å². The second-order valence-electron chi connectivity index (χ2n) is 6.24. The van der Waals surface area contributed by atoms with E-state index in [2.05, 4.69) is 10.9 Å². The Morgan fingerprint density at radius 3 is 2.33 bits per heavy atom. The molecular formula is C20H23FN2O4. The Morgan fingerprint density at radius 1 is 1.07 bits per heavy atom.